The maximum atomic E-state index is 13.1. The van der Waals surface area contributed by atoms with Gasteiger partial charge < -0.3 is 30.5 Å². The van der Waals surface area contributed by atoms with Crippen molar-refractivity contribution in [2.45, 2.75) is 58.0 Å². The van der Waals surface area contributed by atoms with E-state index in [9.17, 15) is 9.59 Å². The molecule has 3 amide bonds. The van der Waals surface area contributed by atoms with Crippen LogP contribution in [0.3, 0.4) is 0 Å². The number of hydrogen-bond acceptors (Lipinski definition) is 5. The van der Waals surface area contributed by atoms with Crippen molar-refractivity contribution in [1.29, 1.82) is 0 Å². The van der Waals surface area contributed by atoms with Crippen molar-refractivity contribution in [1.82, 2.24) is 10.6 Å². The minimum Gasteiger partial charge on any atom is -0.495 e. The molecular weight excluding hydrogens is 454 g/mol. The zero-order valence-electron chi connectivity index (χ0n) is 21.7. The third-order valence-corrected chi connectivity index (χ3v) is 6.91. The number of methoxy groups -OCH3 is 1. The van der Waals surface area contributed by atoms with E-state index in [2.05, 4.69) is 31.8 Å². The normalized spacial score (nSPS) is 16.6. The van der Waals surface area contributed by atoms with Crippen molar-refractivity contribution in [3.05, 3.63) is 48.0 Å². The summed E-state index contributed by atoms with van der Waals surface area (Å²) >= 11 is 0. The lowest BCUT2D eigenvalue weighted by atomic mass is 9.96. The molecule has 2 aliphatic rings. The number of nitrogens with one attached hydrogen (secondary N) is 3. The summed E-state index contributed by atoms with van der Waals surface area (Å²) in [5.74, 6) is 0.730. The van der Waals surface area contributed by atoms with Crippen molar-refractivity contribution in [2.24, 2.45) is 0 Å². The van der Waals surface area contributed by atoms with Crippen molar-refractivity contribution in [2.75, 3.05) is 48.4 Å². The second-order valence-electron chi connectivity index (χ2n) is 9.94. The Labute approximate surface area is 214 Å². The van der Waals surface area contributed by atoms with E-state index in [-0.39, 0.29) is 24.0 Å². The SMILES string of the molecule is COc1ccccc1N1CCN(c2ccc(NC(=O)NC3CCCCC3)cc2C(=O)NC(C)C)CC1. The highest BCUT2D eigenvalue weighted by molar-refractivity contribution is 6.02. The summed E-state index contributed by atoms with van der Waals surface area (Å²) in [7, 11) is 1.69. The van der Waals surface area contributed by atoms with Crippen LogP contribution in [0.15, 0.2) is 42.5 Å². The van der Waals surface area contributed by atoms with Gasteiger partial charge in [-0.25, -0.2) is 4.79 Å². The molecule has 4 rings (SSSR count). The number of amides is 3. The van der Waals surface area contributed by atoms with Gasteiger partial charge in [-0.3, -0.25) is 4.79 Å². The van der Waals surface area contributed by atoms with Crippen LogP contribution in [0.1, 0.15) is 56.3 Å². The molecule has 0 unspecified atom stereocenters. The Morgan fingerprint density at radius 1 is 0.917 bits per heavy atom. The molecule has 0 bridgehead atoms. The van der Waals surface area contributed by atoms with Gasteiger partial charge in [0.05, 0.1) is 18.4 Å². The summed E-state index contributed by atoms with van der Waals surface area (Å²) in [5.41, 5.74) is 3.16. The number of piperazine rings is 1. The van der Waals surface area contributed by atoms with Gasteiger partial charge in [-0.1, -0.05) is 31.4 Å². The highest BCUT2D eigenvalue weighted by Crippen LogP contribution is 2.31. The molecule has 2 aromatic rings. The predicted molar refractivity (Wildman–Crippen MR) is 145 cm³/mol. The van der Waals surface area contributed by atoms with Gasteiger partial charge in [0.2, 0.25) is 0 Å². The molecule has 2 aromatic carbocycles. The molecule has 2 fully saturated rings. The number of urea groups is 1. The van der Waals surface area contributed by atoms with Crippen LogP contribution in [0.4, 0.5) is 21.9 Å². The molecule has 3 N–H and O–H groups in total. The maximum absolute atomic E-state index is 13.1. The molecule has 0 atom stereocenters. The molecule has 8 nitrogen and oxygen atoms in total. The number of anilines is 3. The highest BCUT2D eigenvalue weighted by atomic mass is 16.5. The van der Waals surface area contributed by atoms with Crippen molar-refractivity contribution in [3.63, 3.8) is 0 Å². The first kappa shape index (κ1) is 25.7. The molecule has 1 aliphatic heterocycles. The van der Waals surface area contributed by atoms with Crippen LogP contribution in [-0.2, 0) is 0 Å². The topological polar surface area (TPSA) is 85.9 Å². The smallest absolute Gasteiger partial charge is 0.319 e. The van der Waals surface area contributed by atoms with Crippen LogP contribution in [0.25, 0.3) is 0 Å². The molecule has 36 heavy (non-hydrogen) atoms. The van der Waals surface area contributed by atoms with E-state index in [1.54, 1.807) is 13.2 Å². The molecule has 0 radical (unpaired) electrons. The number of rotatable bonds is 7. The van der Waals surface area contributed by atoms with Crippen LogP contribution in [0.2, 0.25) is 0 Å². The van der Waals surface area contributed by atoms with E-state index in [1.807, 2.05) is 44.2 Å². The minimum atomic E-state index is -0.213. The summed E-state index contributed by atoms with van der Waals surface area (Å²) < 4.78 is 5.54. The summed E-state index contributed by atoms with van der Waals surface area (Å²) in [6.07, 6.45) is 5.60. The van der Waals surface area contributed by atoms with E-state index in [0.29, 0.717) is 11.3 Å². The Balaban J connectivity index is 1.48. The average molecular weight is 494 g/mol. The van der Waals surface area contributed by atoms with Gasteiger partial charge >= 0.3 is 6.03 Å². The summed E-state index contributed by atoms with van der Waals surface area (Å²) in [5, 5.41) is 9.03. The average Bonchev–Trinajstić information content (AvgIpc) is 2.89. The number of nitrogens with zero attached hydrogens (tertiary/aromatic N) is 2. The lowest BCUT2D eigenvalue weighted by molar-refractivity contribution is 0.0943. The number of carbonyl (C=O) groups is 2. The van der Waals surface area contributed by atoms with Gasteiger partial charge in [-0.15, -0.1) is 0 Å². The first-order valence-corrected chi connectivity index (χ1v) is 13.1. The minimum absolute atomic E-state index is 0.0129. The van der Waals surface area contributed by atoms with E-state index in [1.165, 1.54) is 6.42 Å². The van der Waals surface area contributed by atoms with Crippen LogP contribution in [-0.4, -0.2) is 57.3 Å². The fourth-order valence-corrected chi connectivity index (χ4v) is 5.09. The number of carbonyl (C=O) groups excluding carboxylic acids is 2. The van der Waals surface area contributed by atoms with Gasteiger partial charge in [-0.2, -0.15) is 0 Å². The Kier molecular flexibility index (Phi) is 8.57. The molecule has 1 heterocycles. The standard InChI is InChI=1S/C28H39N5O3/c1-20(2)29-27(34)23-19-22(31-28(35)30-21-9-5-4-6-10-21)13-14-24(23)32-15-17-33(18-16-32)25-11-7-8-12-26(25)36-3/h7-8,11-14,19-21H,4-6,9-10,15-18H2,1-3H3,(H,29,34)(H2,30,31,35). The van der Waals surface area contributed by atoms with E-state index in [4.69, 9.17) is 4.74 Å². The largest absolute Gasteiger partial charge is 0.495 e. The van der Waals surface area contributed by atoms with E-state index >= 15 is 0 Å². The fourth-order valence-electron chi connectivity index (χ4n) is 5.09. The van der Waals surface area contributed by atoms with Crippen LogP contribution < -0.4 is 30.5 Å². The number of para-hydroxylation sites is 2. The first-order valence-electron chi connectivity index (χ1n) is 13.1. The van der Waals surface area contributed by atoms with E-state index < -0.39 is 0 Å². The third-order valence-electron chi connectivity index (χ3n) is 6.91. The lowest BCUT2D eigenvalue weighted by Crippen LogP contribution is -2.47. The fraction of sp³-hybridized carbons (Fsp3) is 0.500. The number of ether oxygens (including phenoxy) is 1. The molecule has 0 aromatic heterocycles. The summed E-state index contributed by atoms with van der Waals surface area (Å²) in [6.45, 7) is 7.07. The Bertz CT molecular complexity index is 1040. The van der Waals surface area contributed by atoms with Crippen molar-refractivity contribution in [3.8, 4) is 5.75 Å². The van der Waals surface area contributed by atoms with Crippen molar-refractivity contribution < 1.29 is 14.3 Å². The van der Waals surface area contributed by atoms with Crippen molar-refractivity contribution >= 4 is 29.0 Å². The summed E-state index contributed by atoms with van der Waals surface area (Å²) in [6, 6.07) is 13.7. The third kappa shape index (κ3) is 6.42. The van der Waals surface area contributed by atoms with Gasteiger partial charge in [0.1, 0.15) is 5.75 Å². The number of hydrogen-bond donors (Lipinski definition) is 3. The first-order chi connectivity index (χ1) is 17.4. The monoisotopic (exact) mass is 493 g/mol. The van der Waals surface area contributed by atoms with Crippen LogP contribution in [0.5, 0.6) is 5.75 Å². The second kappa shape index (κ2) is 12.0. The molecule has 1 saturated carbocycles. The molecule has 0 spiro atoms. The predicted octanol–water partition coefficient (Wildman–Crippen LogP) is 4.61. The zero-order valence-corrected chi connectivity index (χ0v) is 21.7. The Morgan fingerprint density at radius 3 is 2.25 bits per heavy atom. The van der Waals surface area contributed by atoms with Gasteiger partial charge in [-0.05, 0) is 57.0 Å². The Hall–Kier alpha value is -3.42. The Morgan fingerprint density at radius 2 is 1.58 bits per heavy atom. The molecular formula is C28H39N5O3. The van der Waals surface area contributed by atoms with Gasteiger partial charge in [0.25, 0.3) is 5.91 Å². The zero-order chi connectivity index (χ0) is 25.5. The lowest BCUT2D eigenvalue weighted by Gasteiger charge is -2.38. The maximum Gasteiger partial charge on any atom is 0.319 e. The van der Waals surface area contributed by atoms with Gasteiger partial charge in [0, 0.05) is 49.6 Å². The molecule has 194 valence electrons. The van der Waals surface area contributed by atoms with E-state index in [0.717, 1.165) is 69.0 Å². The van der Waals surface area contributed by atoms with Gasteiger partial charge in [0.15, 0.2) is 0 Å². The summed E-state index contributed by atoms with van der Waals surface area (Å²) in [4.78, 5) is 30.3. The van der Waals surface area contributed by atoms with Crippen LogP contribution >= 0.6 is 0 Å². The molecule has 8 heteroatoms. The second-order valence-corrected chi connectivity index (χ2v) is 9.94. The molecule has 1 aliphatic carbocycles. The molecule has 1 saturated heterocycles. The van der Waals surface area contributed by atoms with Crippen LogP contribution in [0, 0.1) is 0 Å². The highest BCUT2D eigenvalue weighted by Gasteiger charge is 2.24. The quantitative estimate of drug-likeness (QED) is 0.524. The number of benzene rings is 2.